The third-order valence-corrected chi connectivity index (χ3v) is 21.1. The van der Waals surface area contributed by atoms with Crippen LogP contribution in [0.2, 0.25) is 0 Å². The topological polar surface area (TPSA) is 6.48 Å². The average molecular weight is 917 g/mol. The Morgan fingerprint density at radius 3 is 2.17 bits per heavy atom. The van der Waals surface area contributed by atoms with E-state index in [1.54, 1.807) is 27.6 Å². The molecular formula is C65H65BN2S. The summed E-state index contributed by atoms with van der Waals surface area (Å²) < 4.78 is 2.72. The van der Waals surface area contributed by atoms with Crippen molar-refractivity contribution >= 4 is 83.0 Å². The predicted molar refractivity (Wildman–Crippen MR) is 297 cm³/mol. The first-order valence-electron chi connectivity index (χ1n) is 26.4. The van der Waals surface area contributed by atoms with Gasteiger partial charge in [-0.2, -0.15) is 0 Å². The summed E-state index contributed by atoms with van der Waals surface area (Å²) in [5.41, 5.74) is 23.5. The van der Waals surface area contributed by atoms with E-state index >= 15 is 0 Å². The number of fused-ring (bicyclic) bond motifs is 12. The monoisotopic (exact) mass is 916 g/mol. The highest BCUT2D eigenvalue weighted by atomic mass is 32.1. The van der Waals surface area contributed by atoms with E-state index in [2.05, 4.69) is 199 Å². The molecule has 0 N–H and O–H groups in total. The lowest BCUT2D eigenvalue weighted by Gasteiger charge is -2.59. The first-order valence-corrected chi connectivity index (χ1v) is 27.2. The Morgan fingerprint density at radius 2 is 1.35 bits per heavy atom. The second-order valence-corrected chi connectivity index (χ2v) is 25.5. The Hall–Kier alpha value is -5.58. The Morgan fingerprint density at radius 1 is 0.594 bits per heavy atom. The lowest BCUT2D eigenvalue weighted by Crippen LogP contribution is -2.64. The summed E-state index contributed by atoms with van der Waals surface area (Å²) in [4.78, 5) is 5.57. The van der Waals surface area contributed by atoms with Crippen LogP contribution in [0, 0.1) is 12.3 Å². The van der Waals surface area contributed by atoms with Crippen molar-refractivity contribution in [2.75, 3.05) is 9.80 Å². The van der Waals surface area contributed by atoms with Gasteiger partial charge < -0.3 is 9.80 Å². The van der Waals surface area contributed by atoms with E-state index in [1.165, 1.54) is 140 Å². The Bertz CT molecular complexity index is 3490. The number of aryl methyl sites for hydroxylation is 1. The zero-order valence-corrected chi connectivity index (χ0v) is 42.8. The summed E-state index contributed by atoms with van der Waals surface area (Å²) in [7, 11) is 0. The molecule has 14 rings (SSSR count). The zero-order chi connectivity index (χ0) is 47.0. The van der Waals surface area contributed by atoms with Gasteiger partial charge in [0.2, 0.25) is 6.71 Å². The SMILES string of the molecule is Cc1cc2c3c(c1)N(c1cccc4c1sc1ccccc14)c1cc(N4c5ccc(-c6ccccc6)cc5C5(C)CCCCC45C)ccc1B3c1cc(C(C)(C)C)cc3c1C2CC1(C)CCCCC31C. The van der Waals surface area contributed by atoms with Crippen LogP contribution < -0.4 is 26.2 Å². The molecule has 0 saturated heterocycles. The Kier molecular flexibility index (Phi) is 8.76. The van der Waals surface area contributed by atoms with Crippen molar-refractivity contribution in [1.82, 2.24) is 0 Å². The van der Waals surface area contributed by atoms with Crippen molar-refractivity contribution in [1.29, 1.82) is 0 Å². The van der Waals surface area contributed by atoms with Crippen molar-refractivity contribution in [3.05, 3.63) is 167 Å². The molecule has 0 amide bonds. The molecular weight excluding hydrogens is 852 g/mol. The van der Waals surface area contributed by atoms with Gasteiger partial charge in [0.05, 0.1) is 15.9 Å². The number of benzene rings is 7. The van der Waals surface area contributed by atoms with Crippen molar-refractivity contribution in [2.45, 2.75) is 141 Å². The highest BCUT2D eigenvalue weighted by Crippen LogP contribution is 2.64. The fourth-order valence-corrected chi connectivity index (χ4v) is 17.0. The van der Waals surface area contributed by atoms with E-state index in [0.717, 1.165) is 0 Å². The minimum absolute atomic E-state index is 0.0107. The highest BCUT2D eigenvalue weighted by Gasteiger charge is 2.59. The van der Waals surface area contributed by atoms with Gasteiger partial charge >= 0.3 is 0 Å². The van der Waals surface area contributed by atoms with Gasteiger partial charge in [0, 0.05) is 49.6 Å². The van der Waals surface area contributed by atoms with Gasteiger partial charge in [-0.15, -0.1) is 11.3 Å². The summed E-state index contributed by atoms with van der Waals surface area (Å²) in [5.74, 6) is 0.374. The molecule has 0 bridgehead atoms. The molecule has 2 fully saturated rings. The average Bonchev–Trinajstić information content (AvgIpc) is 3.82. The van der Waals surface area contributed by atoms with Crippen LogP contribution in [0.5, 0.6) is 0 Å². The molecule has 6 aliphatic rings. The molecule has 69 heavy (non-hydrogen) atoms. The normalized spacial score (nSPS) is 26.3. The van der Waals surface area contributed by atoms with Crippen LogP contribution in [0.4, 0.5) is 28.4 Å². The van der Waals surface area contributed by atoms with E-state index in [9.17, 15) is 0 Å². The van der Waals surface area contributed by atoms with E-state index in [-0.39, 0.29) is 33.9 Å². The molecule has 4 heterocycles. The molecule has 344 valence electrons. The maximum atomic E-state index is 2.82. The van der Waals surface area contributed by atoms with Gasteiger partial charge in [0.1, 0.15) is 0 Å². The van der Waals surface area contributed by atoms with Gasteiger partial charge in [-0.1, -0.05) is 164 Å². The quantitative estimate of drug-likeness (QED) is 0.163. The van der Waals surface area contributed by atoms with Crippen molar-refractivity contribution < 1.29 is 0 Å². The summed E-state index contributed by atoms with van der Waals surface area (Å²) in [5, 5.41) is 2.70. The number of anilines is 5. The Balaban J connectivity index is 1.06. The van der Waals surface area contributed by atoms with Crippen LogP contribution in [0.15, 0.2) is 133 Å². The molecule has 0 spiro atoms. The molecule has 1 aromatic heterocycles. The summed E-state index contributed by atoms with van der Waals surface area (Å²) in [6.07, 6.45) is 11.3. The molecule has 2 saturated carbocycles. The van der Waals surface area contributed by atoms with Crippen LogP contribution in [0.25, 0.3) is 31.3 Å². The second-order valence-electron chi connectivity index (χ2n) is 24.4. The van der Waals surface area contributed by atoms with E-state index in [0.29, 0.717) is 5.92 Å². The number of rotatable bonds is 3. The van der Waals surface area contributed by atoms with Gasteiger partial charge in [0.25, 0.3) is 0 Å². The number of hydrogen-bond donors (Lipinski definition) is 0. The minimum atomic E-state index is -0.0793. The first kappa shape index (κ1) is 42.3. The first-order chi connectivity index (χ1) is 33.2. The van der Waals surface area contributed by atoms with Crippen LogP contribution in [-0.2, 0) is 16.2 Å². The second kappa shape index (κ2) is 14.3. The highest BCUT2D eigenvalue weighted by molar-refractivity contribution is 7.26. The van der Waals surface area contributed by atoms with Gasteiger partial charge in [-0.25, -0.2) is 0 Å². The van der Waals surface area contributed by atoms with Gasteiger partial charge in [0.15, 0.2) is 0 Å². The van der Waals surface area contributed by atoms with Crippen LogP contribution in [0.3, 0.4) is 0 Å². The molecule has 3 aliphatic heterocycles. The van der Waals surface area contributed by atoms with Crippen LogP contribution in [-0.4, -0.2) is 12.3 Å². The lowest BCUT2D eigenvalue weighted by atomic mass is 9.29. The van der Waals surface area contributed by atoms with E-state index in [4.69, 9.17) is 0 Å². The van der Waals surface area contributed by atoms with Gasteiger partial charge in [-0.3, -0.25) is 0 Å². The van der Waals surface area contributed by atoms with Crippen molar-refractivity contribution in [3.63, 3.8) is 0 Å². The zero-order valence-electron chi connectivity index (χ0n) is 42.0. The number of nitrogens with zero attached hydrogens (tertiary/aromatic N) is 2. The van der Waals surface area contributed by atoms with Gasteiger partial charge in [-0.05, 0) is 160 Å². The molecule has 3 aliphatic carbocycles. The van der Waals surface area contributed by atoms with E-state index < -0.39 is 0 Å². The molecule has 7 aromatic carbocycles. The lowest BCUT2D eigenvalue weighted by molar-refractivity contribution is 0.0602. The molecule has 0 radical (unpaired) electrons. The fraction of sp³-hybridized carbons (Fsp3) is 0.354. The maximum absolute atomic E-state index is 2.82. The molecule has 2 nitrogen and oxygen atoms in total. The van der Waals surface area contributed by atoms with E-state index in [1.807, 2.05) is 11.3 Å². The minimum Gasteiger partial charge on any atom is -0.334 e. The van der Waals surface area contributed by atoms with Crippen LogP contribution in [0.1, 0.15) is 146 Å². The maximum Gasteiger partial charge on any atom is 0.247 e. The third kappa shape index (κ3) is 5.56. The molecule has 5 atom stereocenters. The van der Waals surface area contributed by atoms with Crippen LogP contribution >= 0.6 is 11.3 Å². The number of hydrogen-bond acceptors (Lipinski definition) is 3. The fourth-order valence-electron chi connectivity index (χ4n) is 15.8. The molecule has 8 aromatic rings. The smallest absolute Gasteiger partial charge is 0.247 e. The molecule has 4 heteroatoms. The van der Waals surface area contributed by atoms with Crippen molar-refractivity contribution in [2.24, 2.45) is 5.41 Å². The summed E-state index contributed by atoms with van der Waals surface area (Å²) >= 11 is 1.96. The third-order valence-electron chi connectivity index (χ3n) is 19.9. The summed E-state index contributed by atoms with van der Waals surface area (Å²) in [6, 6.07) is 53.0. The summed E-state index contributed by atoms with van der Waals surface area (Å²) in [6.45, 7) is 20.4. The Labute approximate surface area is 414 Å². The largest absolute Gasteiger partial charge is 0.334 e. The molecule has 5 unspecified atom stereocenters. The number of thiophene rings is 1. The standard InChI is InChI=1S/C65H65BN2S/c1-40-33-47-48-39-62(5)29-14-15-30-63(62,6)50-36-43(61(2,3)4)37-52(58(48)50)66-51-27-26-44(68-53-28-25-42(41-19-10-9-11-20-41)35-49(53)64(7)31-16-17-32-65(64,68)8)38-55(51)67(56(34-40)59(47)66)54-23-18-22-46-45-21-12-13-24-57(45)69-60(46)54/h9-13,18-28,33-38,48H,14-17,29-32,39H2,1-8H3. The van der Waals surface area contributed by atoms with Crippen molar-refractivity contribution in [3.8, 4) is 11.1 Å². The predicted octanol–water partition coefficient (Wildman–Crippen LogP) is 16.1.